The minimum atomic E-state index is 0.158. The van der Waals surface area contributed by atoms with Crippen LogP contribution in [0.3, 0.4) is 0 Å². The molecule has 2 unspecified atom stereocenters. The minimum Gasteiger partial charge on any atom is -0.329 e. The van der Waals surface area contributed by atoms with Crippen LogP contribution in [0.4, 0.5) is 0 Å². The number of carbonyl (C=O) groups is 1. The maximum absolute atomic E-state index is 13.2. The summed E-state index contributed by atoms with van der Waals surface area (Å²) in [6, 6.07) is 16.9. The van der Waals surface area contributed by atoms with E-state index in [2.05, 4.69) is 40.2 Å². The second-order valence-electron chi connectivity index (χ2n) is 6.81. The van der Waals surface area contributed by atoms with Crippen molar-refractivity contribution in [3.05, 3.63) is 71.2 Å². The van der Waals surface area contributed by atoms with E-state index in [-0.39, 0.29) is 11.9 Å². The average molecular weight is 346 g/mol. The normalized spacial score (nSPS) is 22.2. The van der Waals surface area contributed by atoms with Gasteiger partial charge in [0.2, 0.25) is 0 Å². The van der Waals surface area contributed by atoms with Crippen molar-refractivity contribution < 1.29 is 4.79 Å². The second-order valence-corrected chi connectivity index (χ2v) is 7.69. The number of amides is 1. The first-order valence-corrected chi connectivity index (χ1v) is 9.59. The number of hydrogen-bond donors (Lipinski definition) is 0. The van der Waals surface area contributed by atoms with E-state index in [1.54, 1.807) is 11.3 Å². The van der Waals surface area contributed by atoms with Crippen LogP contribution in [0.15, 0.2) is 60.1 Å². The SMILES string of the molecule is O=C(c1ccc2ncsc2c1)N1C2C=C(c3ccccc3)CC1CC2. The molecule has 2 aliphatic rings. The van der Waals surface area contributed by atoms with Gasteiger partial charge in [-0.05, 0) is 48.6 Å². The molecule has 0 saturated carbocycles. The molecule has 2 aromatic carbocycles. The predicted octanol–water partition coefficient (Wildman–Crippen LogP) is 4.76. The van der Waals surface area contributed by atoms with E-state index in [9.17, 15) is 4.79 Å². The predicted molar refractivity (Wildman–Crippen MR) is 102 cm³/mol. The van der Waals surface area contributed by atoms with E-state index in [4.69, 9.17) is 0 Å². The van der Waals surface area contributed by atoms with Gasteiger partial charge in [-0.1, -0.05) is 36.4 Å². The van der Waals surface area contributed by atoms with E-state index in [1.807, 2.05) is 29.8 Å². The molecule has 1 fully saturated rings. The number of benzene rings is 2. The highest BCUT2D eigenvalue weighted by Gasteiger charge is 2.39. The third-order valence-electron chi connectivity index (χ3n) is 5.35. The minimum absolute atomic E-state index is 0.158. The lowest BCUT2D eigenvalue weighted by atomic mass is 9.94. The maximum atomic E-state index is 13.2. The van der Waals surface area contributed by atoms with Gasteiger partial charge >= 0.3 is 0 Å². The largest absolute Gasteiger partial charge is 0.329 e. The second kappa shape index (κ2) is 5.81. The van der Waals surface area contributed by atoms with Gasteiger partial charge in [0.15, 0.2) is 0 Å². The Bertz CT molecular complexity index is 976. The van der Waals surface area contributed by atoms with E-state index in [0.29, 0.717) is 6.04 Å². The van der Waals surface area contributed by atoms with E-state index in [1.165, 1.54) is 11.1 Å². The molecule has 3 heterocycles. The van der Waals surface area contributed by atoms with Crippen molar-refractivity contribution in [3.63, 3.8) is 0 Å². The van der Waals surface area contributed by atoms with Gasteiger partial charge in [0.05, 0.1) is 21.8 Å². The lowest BCUT2D eigenvalue weighted by Gasteiger charge is -2.34. The molecular weight excluding hydrogens is 328 g/mol. The molecule has 124 valence electrons. The van der Waals surface area contributed by atoms with Crippen LogP contribution >= 0.6 is 11.3 Å². The fourth-order valence-electron chi connectivity index (χ4n) is 4.15. The fraction of sp³-hybridized carbons (Fsp3) is 0.238. The highest BCUT2D eigenvalue weighted by molar-refractivity contribution is 7.16. The zero-order chi connectivity index (χ0) is 16.8. The number of fused-ring (bicyclic) bond motifs is 3. The van der Waals surface area contributed by atoms with Crippen LogP contribution < -0.4 is 0 Å². The van der Waals surface area contributed by atoms with E-state index >= 15 is 0 Å². The fourth-order valence-corrected chi connectivity index (χ4v) is 4.87. The van der Waals surface area contributed by atoms with Crippen LogP contribution in [-0.4, -0.2) is 27.9 Å². The molecule has 4 heteroatoms. The van der Waals surface area contributed by atoms with Crippen LogP contribution in [0.25, 0.3) is 15.8 Å². The average Bonchev–Trinajstić information content (AvgIpc) is 3.23. The summed E-state index contributed by atoms with van der Waals surface area (Å²) in [6.07, 6.45) is 5.42. The molecule has 0 radical (unpaired) electrons. The summed E-state index contributed by atoms with van der Waals surface area (Å²) < 4.78 is 1.08. The number of rotatable bonds is 2. The summed E-state index contributed by atoms with van der Waals surface area (Å²) in [5.74, 6) is 0.158. The van der Waals surface area contributed by atoms with Gasteiger partial charge in [-0.3, -0.25) is 4.79 Å². The van der Waals surface area contributed by atoms with Crippen molar-refractivity contribution in [2.24, 2.45) is 0 Å². The molecule has 1 amide bonds. The van der Waals surface area contributed by atoms with Gasteiger partial charge in [0.1, 0.15) is 0 Å². The highest BCUT2D eigenvalue weighted by atomic mass is 32.1. The topological polar surface area (TPSA) is 33.2 Å². The van der Waals surface area contributed by atoms with Gasteiger partial charge in [-0.2, -0.15) is 0 Å². The monoisotopic (exact) mass is 346 g/mol. The van der Waals surface area contributed by atoms with Crippen LogP contribution in [0.5, 0.6) is 0 Å². The third-order valence-corrected chi connectivity index (χ3v) is 6.14. The summed E-state index contributed by atoms with van der Waals surface area (Å²) in [6.45, 7) is 0. The van der Waals surface area contributed by atoms with Crippen molar-refractivity contribution in [1.82, 2.24) is 9.88 Å². The molecule has 5 rings (SSSR count). The summed E-state index contributed by atoms with van der Waals surface area (Å²) in [5, 5.41) is 0. The molecule has 0 N–H and O–H groups in total. The lowest BCUT2D eigenvalue weighted by molar-refractivity contribution is 0.0692. The Morgan fingerprint density at radius 1 is 1.12 bits per heavy atom. The number of thiazole rings is 1. The smallest absolute Gasteiger partial charge is 0.254 e. The molecule has 3 nitrogen and oxygen atoms in total. The molecule has 2 aliphatic heterocycles. The number of nitrogens with zero attached hydrogens (tertiary/aromatic N) is 2. The Morgan fingerprint density at radius 2 is 2.00 bits per heavy atom. The van der Waals surface area contributed by atoms with E-state index < -0.39 is 0 Å². The van der Waals surface area contributed by atoms with Gasteiger partial charge < -0.3 is 4.90 Å². The first-order valence-electron chi connectivity index (χ1n) is 8.71. The number of carbonyl (C=O) groups excluding carboxylic acids is 1. The third kappa shape index (κ3) is 2.48. The highest BCUT2D eigenvalue weighted by Crippen LogP contribution is 2.39. The van der Waals surface area contributed by atoms with Gasteiger partial charge in [0, 0.05) is 11.6 Å². The number of aromatic nitrogens is 1. The lowest BCUT2D eigenvalue weighted by Crippen LogP contribution is -2.42. The molecule has 1 saturated heterocycles. The summed E-state index contributed by atoms with van der Waals surface area (Å²) >= 11 is 1.59. The molecule has 0 aliphatic carbocycles. The van der Waals surface area contributed by atoms with Crippen LogP contribution in [-0.2, 0) is 0 Å². The van der Waals surface area contributed by atoms with Crippen LogP contribution in [0.2, 0.25) is 0 Å². The maximum Gasteiger partial charge on any atom is 0.254 e. The quantitative estimate of drug-likeness (QED) is 0.670. The summed E-state index contributed by atoms with van der Waals surface area (Å²) in [7, 11) is 0. The Labute approximate surface area is 150 Å². The van der Waals surface area contributed by atoms with Crippen molar-refractivity contribution >= 4 is 33.0 Å². The van der Waals surface area contributed by atoms with Crippen molar-refractivity contribution in [2.45, 2.75) is 31.3 Å². The zero-order valence-corrected chi connectivity index (χ0v) is 14.6. The van der Waals surface area contributed by atoms with Gasteiger partial charge in [-0.25, -0.2) is 4.98 Å². The summed E-state index contributed by atoms with van der Waals surface area (Å²) in [4.78, 5) is 19.6. The Balaban J connectivity index is 1.47. The Hall–Kier alpha value is -2.46. The Morgan fingerprint density at radius 3 is 2.84 bits per heavy atom. The van der Waals surface area contributed by atoms with Crippen LogP contribution in [0, 0.1) is 0 Å². The summed E-state index contributed by atoms with van der Waals surface area (Å²) in [5.41, 5.74) is 6.26. The first-order chi connectivity index (χ1) is 12.3. The zero-order valence-electron chi connectivity index (χ0n) is 13.8. The number of hydrogen-bond acceptors (Lipinski definition) is 3. The molecule has 0 spiro atoms. The van der Waals surface area contributed by atoms with Crippen molar-refractivity contribution in [2.75, 3.05) is 0 Å². The first kappa shape index (κ1) is 14.8. The molecule has 3 aromatic rings. The van der Waals surface area contributed by atoms with Crippen molar-refractivity contribution in [1.29, 1.82) is 0 Å². The van der Waals surface area contributed by atoms with Crippen molar-refractivity contribution in [3.8, 4) is 0 Å². The Kier molecular flexibility index (Phi) is 3.45. The molecular formula is C21H18N2OS. The molecule has 1 aromatic heterocycles. The molecule has 2 atom stereocenters. The van der Waals surface area contributed by atoms with Gasteiger partial charge in [-0.15, -0.1) is 11.3 Å². The van der Waals surface area contributed by atoms with Crippen LogP contribution in [0.1, 0.15) is 35.2 Å². The van der Waals surface area contributed by atoms with E-state index in [0.717, 1.165) is 35.0 Å². The molecule has 2 bridgehead atoms. The van der Waals surface area contributed by atoms with Gasteiger partial charge in [0.25, 0.3) is 5.91 Å². The standard InChI is InChI=1S/C21H18N2OS/c24-21(15-6-9-19-20(12-15)25-13-22-19)23-17-7-8-18(23)11-16(10-17)14-4-2-1-3-5-14/h1-6,9-10,12-13,17-18H,7-8,11H2. The molecule has 25 heavy (non-hydrogen) atoms.